The van der Waals surface area contributed by atoms with Gasteiger partial charge in [0.1, 0.15) is 0 Å². The summed E-state index contributed by atoms with van der Waals surface area (Å²) in [5.41, 5.74) is 2.37. The molecular weight excluding hydrogens is 282 g/mol. The largest absolute Gasteiger partial charge is 0.238 e. The van der Waals surface area contributed by atoms with Gasteiger partial charge in [0.05, 0.1) is 4.90 Å². The number of halogens is 1. The maximum Gasteiger partial charge on any atom is 0.238 e. The Morgan fingerprint density at radius 2 is 1.74 bits per heavy atom. The first kappa shape index (κ1) is 14.1. The van der Waals surface area contributed by atoms with E-state index in [1.807, 2.05) is 37.3 Å². The lowest BCUT2D eigenvalue weighted by Gasteiger charge is -2.12. The lowest BCUT2D eigenvalue weighted by atomic mass is 10.0. The zero-order valence-electron chi connectivity index (χ0n) is 10.4. The second-order valence-corrected chi connectivity index (χ2v) is 6.29. The molecule has 0 amide bonds. The Balaban J connectivity index is 2.58. The molecule has 0 spiro atoms. The maximum absolute atomic E-state index is 11.6. The minimum atomic E-state index is -3.78. The minimum absolute atomic E-state index is 0.0898. The number of nitrogens with two attached hydrogens (primary N) is 1. The Labute approximate surface area is 118 Å². The molecule has 19 heavy (non-hydrogen) atoms. The smallest absolute Gasteiger partial charge is 0.225 e. The summed E-state index contributed by atoms with van der Waals surface area (Å²) in [7, 11) is -3.78. The van der Waals surface area contributed by atoms with Crippen LogP contribution in [0.25, 0.3) is 0 Å². The summed E-state index contributed by atoms with van der Waals surface area (Å²) in [5.74, 6) is 0. The van der Waals surface area contributed by atoms with Gasteiger partial charge in [0, 0.05) is 11.4 Å². The van der Waals surface area contributed by atoms with Crippen LogP contribution in [0.2, 0.25) is 5.02 Å². The summed E-state index contributed by atoms with van der Waals surface area (Å²) in [4.78, 5) is 0.0898. The highest BCUT2D eigenvalue weighted by Gasteiger charge is 2.18. The summed E-state index contributed by atoms with van der Waals surface area (Å²) >= 11 is 6.23. The van der Waals surface area contributed by atoms with E-state index < -0.39 is 10.0 Å². The molecule has 3 nitrogen and oxygen atoms in total. The highest BCUT2D eigenvalue weighted by molar-refractivity contribution is 7.89. The van der Waals surface area contributed by atoms with E-state index in [9.17, 15) is 8.42 Å². The van der Waals surface area contributed by atoms with E-state index >= 15 is 0 Å². The molecule has 5 heteroatoms. The summed E-state index contributed by atoms with van der Waals surface area (Å²) in [5, 5.41) is 5.70. The summed E-state index contributed by atoms with van der Waals surface area (Å²) in [6.45, 7) is 1.84. The van der Waals surface area contributed by atoms with Crippen molar-refractivity contribution in [3.8, 4) is 0 Å². The topological polar surface area (TPSA) is 60.2 Å². The number of aryl methyl sites for hydroxylation is 1. The average molecular weight is 296 g/mol. The summed E-state index contributed by atoms with van der Waals surface area (Å²) < 4.78 is 23.3. The van der Waals surface area contributed by atoms with Gasteiger partial charge in [0.15, 0.2) is 0 Å². The first-order valence-corrected chi connectivity index (χ1v) is 7.66. The minimum Gasteiger partial charge on any atom is -0.225 e. The van der Waals surface area contributed by atoms with Crippen LogP contribution in [0, 0.1) is 6.92 Å². The lowest BCUT2D eigenvalue weighted by molar-refractivity contribution is 0.597. The van der Waals surface area contributed by atoms with E-state index in [1.165, 1.54) is 6.07 Å². The van der Waals surface area contributed by atoms with Crippen molar-refractivity contribution in [2.75, 3.05) is 0 Å². The van der Waals surface area contributed by atoms with Crippen molar-refractivity contribution in [3.63, 3.8) is 0 Å². The van der Waals surface area contributed by atoms with Gasteiger partial charge in [0.25, 0.3) is 0 Å². The average Bonchev–Trinajstić information content (AvgIpc) is 2.35. The molecule has 2 aromatic carbocycles. The fourth-order valence-corrected chi connectivity index (χ4v) is 3.01. The second-order valence-electron chi connectivity index (χ2n) is 4.38. The molecule has 100 valence electrons. The van der Waals surface area contributed by atoms with Gasteiger partial charge in [-0.05, 0) is 29.7 Å². The van der Waals surface area contributed by atoms with Crippen LogP contribution in [-0.4, -0.2) is 8.42 Å². The fourth-order valence-electron chi connectivity index (χ4n) is 1.95. The van der Waals surface area contributed by atoms with Crippen LogP contribution < -0.4 is 5.14 Å². The van der Waals surface area contributed by atoms with E-state index in [-0.39, 0.29) is 4.90 Å². The van der Waals surface area contributed by atoms with Crippen molar-refractivity contribution in [1.82, 2.24) is 0 Å². The quantitative estimate of drug-likeness (QED) is 0.946. The molecule has 0 unspecified atom stereocenters. The normalized spacial score (nSPS) is 11.5. The van der Waals surface area contributed by atoms with Crippen molar-refractivity contribution in [2.24, 2.45) is 5.14 Å². The van der Waals surface area contributed by atoms with Crippen LogP contribution in [-0.2, 0) is 16.4 Å². The molecule has 2 N–H and O–H groups in total. The fraction of sp³-hybridized carbons (Fsp3) is 0.143. The van der Waals surface area contributed by atoms with Crippen molar-refractivity contribution in [1.29, 1.82) is 0 Å². The number of benzene rings is 2. The van der Waals surface area contributed by atoms with Gasteiger partial charge in [-0.3, -0.25) is 0 Å². The van der Waals surface area contributed by atoms with E-state index in [0.29, 0.717) is 17.0 Å². The van der Waals surface area contributed by atoms with Crippen LogP contribution in [0.15, 0.2) is 47.4 Å². The molecule has 0 saturated heterocycles. The molecule has 0 aliphatic rings. The zero-order chi connectivity index (χ0) is 14.0. The van der Waals surface area contributed by atoms with E-state index in [0.717, 1.165) is 11.1 Å². The second kappa shape index (κ2) is 5.33. The maximum atomic E-state index is 11.6. The predicted octanol–water partition coefficient (Wildman–Crippen LogP) is 2.89. The van der Waals surface area contributed by atoms with E-state index in [4.69, 9.17) is 16.7 Å². The van der Waals surface area contributed by atoms with Gasteiger partial charge < -0.3 is 0 Å². The van der Waals surface area contributed by atoms with Crippen LogP contribution in [0.4, 0.5) is 0 Å². The van der Waals surface area contributed by atoms with Gasteiger partial charge in [-0.15, -0.1) is 0 Å². The van der Waals surface area contributed by atoms with Crippen LogP contribution in [0.3, 0.4) is 0 Å². The van der Waals surface area contributed by atoms with Crippen molar-refractivity contribution < 1.29 is 8.42 Å². The Hall–Kier alpha value is -1.36. The van der Waals surface area contributed by atoms with Crippen molar-refractivity contribution in [2.45, 2.75) is 18.2 Å². The van der Waals surface area contributed by atoms with Crippen LogP contribution in [0.1, 0.15) is 16.7 Å². The van der Waals surface area contributed by atoms with Gasteiger partial charge in [-0.1, -0.05) is 48.0 Å². The molecule has 0 aliphatic heterocycles. The monoisotopic (exact) mass is 295 g/mol. The van der Waals surface area contributed by atoms with Crippen LogP contribution in [0.5, 0.6) is 0 Å². The van der Waals surface area contributed by atoms with Gasteiger partial charge >= 0.3 is 0 Å². The van der Waals surface area contributed by atoms with E-state index in [1.54, 1.807) is 6.07 Å². The lowest BCUT2D eigenvalue weighted by Crippen LogP contribution is -2.15. The number of primary sulfonamides is 1. The third kappa shape index (κ3) is 3.15. The molecular formula is C14H14ClNO2S. The molecule has 2 aromatic rings. The summed E-state index contributed by atoms with van der Waals surface area (Å²) in [6.07, 6.45) is 0.438. The third-order valence-corrected chi connectivity index (χ3v) is 4.45. The van der Waals surface area contributed by atoms with Gasteiger partial charge in [0.2, 0.25) is 10.0 Å². The Morgan fingerprint density at radius 3 is 2.32 bits per heavy atom. The van der Waals surface area contributed by atoms with Crippen molar-refractivity contribution >= 4 is 21.6 Å². The first-order chi connectivity index (χ1) is 8.89. The highest BCUT2D eigenvalue weighted by atomic mass is 35.5. The number of hydrogen-bond donors (Lipinski definition) is 1. The van der Waals surface area contributed by atoms with Gasteiger partial charge in [-0.25, -0.2) is 13.6 Å². The van der Waals surface area contributed by atoms with E-state index in [2.05, 4.69) is 0 Å². The predicted molar refractivity (Wildman–Crippen MR) is 76.8 cm³/mol. The number of rotatable bonds is 3. The van der Waals surface area contributed by atoms with Crippen molar-refractivity contribution in [3.05, 3.63) is 64.2 Å². The zero-order valence-corrected chi connectivity index (χ0v) is 12.0. The Bertz CT molecular complexity index is 697. The Morgan fingerprint density at radius 1 is 1.11 bits per heavy atom. The first-order valence-electron chi connectivity index (χ1n) is 5.74. The van der Waals surface area contributed by atoms with Crippen LogP contribution >= 0.6 is 11.6 Å². The Kier molecular flexibility index (Phi) is 3.94. The molecule has 0 fully saturated rings. The molecule has 0 heterocycles. The number of sulfonamides is 1. The number of hydrogen-bond acceptors (Lipinski definition) is 2. The molecule has 0 radical (unpaired) electrons. The summed E-state index contributed by atoms with van der Waals surface area (Å²) in [6, 6.07) is 12.7. The molecule has 2 rings (SSSR count). The molecule has 0 atom stereocenters. The molecule has 0 aliphatic carbocycles. The standard InChI is InChI=1S/C14H14ClNO2S/c1-10-7-8-13(19(16,17)18)12(14(10)15)9-11-5-3-2-4-6-11/h2-8H,9H2,1H3,(H2,16,17,18). The SMILES string of the molecule is Cc1ccc(S(N)(=O)=O)c(Cc2ccccc2)c1Cl. The molecule has 0 saturated carbocycles. The van der Waals surface area contributed by atoms with Gasteiger partial charge in [-0.2, -0.15) is 0 Å². The molecule has 0 aromatic heterocycles. The highest BCUT2D eigenvalue weighted by Crippen LogP contribution is 2.28. The molecule has 0 bridgehead atoms. The third-order valence-electron chi connectivity index (χ3n) is 2.92.